The molecular formula is C27H32ClFN4O3. The van der Waals surface area contributed by atoms with Crippen LogP contribution in [0.15, 0.2) is 42.5 Å². The quantitative estimate of drug-likeness (QED) is 0.559. The van der Waals surface area contributed by atoms with Crippen molar-refractivity contribution in [2.24, 2.45) is 0 Å². The number of amides is 3. The van der Waals surface area contributed by atoms with Crippen LogP contribution in [0.2, 0.25) is 5.02 Å². The fourth-order valence-corrected chi connectivity index (χ4v) is 4.94. The van der Waals surface area contributed by atoms with Crippen molar-refractivity contribution < 1.29 is 18.7 Å². The highest BCUT2D eigenvalue weighted by molar-refractivity contribution is 6.32. The van der Waals surface area contributed by atoms with Crippen LogP contribution < -0.4 is 10.1 Å². The first-order chi connectivity index (χ1) is 17.3. The van der Waals surface area contributed by atoms with Gasteiger partial charge in [-0.25, -0.2) is 9.18 Å². The minimum absolute atomic E-state index is 0.0189. The van der Waals surface area contributed by atoms with Gasteiger partial charge in [0, 0.05) is 56.9 Å². The Morgan fingerprint density at radius 2 is 1.86 bits per heavy atom. The second-order valence-corrected chi connectivity index (χ2v) is 9.68. The maximum atomic E-state index is 13.2. The van der Waals surface area contributed by atoms with Gasteiger partial charge < -0.3 is 19.9 Å². The summed E-state index contributed by atoms with van der Waals surface area (Å²) in [5.74, 6) is 0.117. The number of anilines is 1. The van der Waals surface area contributed by atoms with E-state index < -0.39 is 0 Å². The average Bonchev–Trinajstić information content (AvgIpc) is 3.40. The number of nitrogens with one attached hydrogen (secondary N) is 1. The molecule has 36 heavy (non-hydrogen) atoms. The molecule has 2 heterocycles. The number of benzene rings is 2. The topological polar surface area (TPSA) is 65.1 Å². The zero-order valence-corrected chi connectivity index (χ0v) is 21.4. The van der Waals surface area contributed by atoms with Gasteiger partial charge in [0.15, 0.2) is 0 Å². The number of rotatable bonds is 6. The summed E-state index contributed by atoms with van der Waals surface area (Å²) in [6.45, 7) is 6.24. The summed E-state index contributed by atoms with van der Waals surface area (Å²) in [4.78, 5) is 31.6. The molecule has 0 saturated carbocycles. The smallest absolute Gasteiger partial charge is 0.321 e. The molecule has 2 aromatic carbocycles. The molecule has 3 amide bonds. The van der Waals surface area contributed by atoms with Crippen LogP contribution in [0, 0.1) is 5.82 Å². The fourth-order valence-electron chi connectivity index (χ4n) is 4.70. The number of hydrogen-bond donors (Lipinski definition) is 1. The summed E-state index contributed by atoms with van der Waals surface area (Å²) >= 11 is 6.32. The third kappa shape index (κ3) is 6.36. The van der Waals surface area contributed by atoms with Gasteiger partial charge in [-0.15, -0.1) is 0 Å². The zero-order chi connectivity index (χ0) is 25.7. The maximum Gasteiger partial charge on any atom is 0.321 e. The SMILES string of the molecule is COc1cc(/C=C/C(=O)N2CCN(Cc3ccc(F)cc3)C[C@H]2C)c(NC(=O)N2CCCC2)cc1Cl. The molecule has 4 rings (SSSR count). The number of carbonyl (C=O) groups excluding carboxylic acids is 2. The molecule has 9 heteroatoms. The monoisotopic (exact) mass is 514 g/mol. The Bertz CT molecular complexity index is 1120. The van der Waals surface area contributed by atoms with Crippen LogP contribution >= 0.6 is 11.6 Å². The van der Waals surface area contributed by atoms with Gasteiger partial charge in [-0.3, -0.25) is 9.69 Å². The van der Waals surface area contributed by atoms with E-state index in [1.165, 1.54) is 25.3 Å². The molecule has 2 aromatic rings. The Balaban J connectivity index is 1.42. The van der Waals surface area contributed by atoms with Gasteiger partial charge in [-0.2, -0.15) is 0 Å². The lowest BCUT2D eigenvalue weighted by Crippen LogP contribution is -2.53. The predicted octanol–water partition coefficient (Wildman–Crippen LogP) is 4.86. The van der Waals surface area contributed by atoms with Gasteiger partial charge in [0.25, 0.3) is 0 Å². The molecule has 0 unspecified atom stereocenters. The molecule has 0 bridgehead atoms. The maximum absolute atomic E-state index is 13.2. The molecule has 0 aliphatic carbocycles. The highest BCUT2D eigenvalue weighted by Crippen LogP contribution is 2.32. The third-order valence-corrected chi connectivity index (χ3v) is 6.97. The van der Waals surface area contributed by atoms with E-state index in [2.05, 4.69) is 10.2 Å². The second-order valence-electron chi connectivity index (χ2n) is 9.27. The molecule has 2 saturated heterocycles. The number of urea groups is 1. The van der Waals surface area contributed by atoms with Crippen molar-refractivity contribution in [1.29, 1.82) is 0 Å². The molecule has 2 aliphatic heterocycles. The molecule has 2 fully saturated rings. The van der Waals surface area contributed by atoms with Gasteiger partial charge >= 0.3 is 6.03 Å². The molecule has 192 valence electrons. The first-order valence-corrected chi connectivity index (χ1v) is 12.6. The van der Waals surface area contributed by atoms with E-state index in [0.29, 0.717) is 35.1 Å². The van der Waals surface area contributed by atoms with Crippen LogP contribution in [-0.2, 0) is 11.3 Å². The van der Waals surface area contributed by atoms with E-state index in [9.17, 15) is 14.0 Å². The number of ether oxygens (including phenoxy) is 1. The Labute approximate surface area is 216 Å². The fraction of sp³-hybridized carbons (Fsp3) is 0.407. The van der Waals surface area contributed by atoms with Crippen molar-refractivity contribution in [3.63, 3.8) is 0 Å². The van der Waals surface area contributed by atoms with E-state index in [0.717, 1.165) is 44.6 Å². The van der Waals surface area contributed by atoms with Gasteiger partial charge in [0.2, 0.25) is 5.91 Å². The number of piperazine rings is 1. The molecule has 1 atom stereocenters. The lowest BCUT2D eigenvalue weighted by atomic mass is 10.1. The number of likely N-dealkylation sites (tertiary alicyclic amines) is 1. The molecule has 2 aliphatic rings. The van der Waals surface area contributed by atoms with E-state index in [1.54, 1.807) is 35.2 Å². The van der Waals surface area contributed by atoms with Crippen LogP contribution in [0.25, 0.3) is 6.08 Å². The summed E-state index contributed by atoms with van der Waals surface area (Å²) in [5, 5.41) is 3.31. The summed E-state index contributed by atoms with van der Waals surface area (Å²) < 4.78 is 18.5. The molecule has 0 aromatic heterocycles. The van der Waals surface area contributed by atoms with E-state index in [4.69, 9.17) is 16.3 Å². The van der Waals surface area contributed by atoms with Gasteiger partial charge in [-0.05, 0) is 55.7 Å². The first kappa shape index (κ1) is 26.0. The van der Waals surface area contributed by atoms with E-state index >= 15 is 0 Å². The number of nitrogens with zero attached hydrogens (tertiary/aromatic N) is 3. The van der Waals surface area contributed by atoms with E-state index in [1.807, 2.05) is 11.8 Å². The Kier molecular flexibility index (Phi) is 8.48. The van der Waals surface area contributed by atoms with Crippen molar-refractivity contribution in [3.8, 4) is 5.75 Å². The third-order valence-electron chi connectivity index (χ3n) is 6.68. The molecule has 0 radical (unpaired) electrons. The van der Waals surface area contributed by atoms with Crippen LogP contribution in [-0.4, -0.2) is 72.5 Å². The van der Waals surface area contributed by atoms with Crippen LogP contribution in [0.1, 0.15) is 30.9 Å². The van der Waals surface area contributed by atoms with Gasteiger partial charge in [0.1, 0.15) is 11.6 Å². The van der Waals surface area contributed by atoms with Crippen molar-refractivity contribution in [1.82, 2.24) is 14.7 Å². The first-order valence-electron chi connectivity index (χ1n) is 12.2. The van der Waals surface area contributed by atoms with Gasteiger partial charge in [0.05, 0.1) is 17.8 Å². The van der Waals surface area contributed by atoms with Crippen LogP contribution in [0.4, 0.5) is 14.9 Å². The number of halogens is 2. The van der Waals surface area contributed by atoms with Crippen LogP contribution in [0.5, 0.6) is 5.75 Å². The molecule has 0 spiro atoms. The predicted molar refractivity (Wildman–Crippen MR) is 140 cm³/mol. The van der Waals surface area contributed by atoms with Crippen molar-refractivity contribution >= 4 is 35.3 Å². The second kappa shape index (κ2) is 11.8. The van der Waals surface area contributed by atoms with Gasteiger partial charge in [-0.1, -0.05) is 23.7 Å². The lowest BCUT2D eigenvalue weighted by molar-refractivity contribution is -0.130. The Morgan fingerprint density at radius 3 is 2.53 bits per heavy atom. The van der Waals surface area contributed by atoms with E-state index in [-0.39, 0.29) is 23.8 Å². The largest absolute Gasteiger partial charge is 0.495 e. The number of methoxy groups -OCH3 is 1. The van der Waals surface area contributed by atoms with Crippen molar-refractivity contribution in [2.75, 3.05) is 45.2 Å². The molecule has 7 nitrogen and oxygen atoms in total. The van der Waals surface area contributed by atoms with Crippen LogP contribution in [0.3, 0.4) is 0 Å². The molecular weight excluding hydrogens is 483 g/mol. The summed E-state index contributed by atoms with van der Waals surface area (Å²) in [6.07, 6.45) is 5.21. The average molecular weight is 515 g/mol. The highest BCUT2D eigenvalue weighted by Gasteiger charge is 2.26. The highest BCUT2D eigenvalue weighted by atomic mass is 35.5. The summed E-state index contributed by atoms with van der Waals surface area (Å²) in [5.41, 5.74) is 2.21. The van der Waals surface area contributed by atoms with Crippen molar-refractivity contribution in [2.45, 2.75) is 32.4 Å². The number of hydrogen-bond acceptors (Lipinski definition) is 4. The minimum atomic E-state index is -0.244. The normalized spacial score (nSPS) is 18.6. The number of carbonyl (C=O) groups is 2. The standard InChI is InChI=1S/C27H32ClFN4O3/c1-19-17-31(18-20-5-8-22(29)9-6-20)13-14-33(19)26(34)10-7-21-15-25(36-2)23(28)16-24(21)30-27(35)32-11-3-4-12-32/h5-10,15-16,19H,3-4,11-14,17-18H2,1-2H3,(H,30,35)/b10-7+/t19-/m1/s1. The molecule has 1 N–H and O–H groups in total. The lowest BCUT2D eigenvalue weighted by Gasteiger charge is -2.39. The minimum Gasteiger partial charge on any atom is -0.495 e. The van der Waals surface area contributed by atoms with Crippen molar-refractivity contribution in [3.05, 3.63) is 64.4 Å². The Hall–Kier alpha value is -3.10. The summed E-state index contributed by atoms with van der Waals surface area (Å²) in [6, 6.07) is 9.73. The Morgan fingerprint density at radius 1 is 1.14 bits per heavy atom. The summed E-state index contributed by atoms with van der Waals surface area (Å²) in [7, 11) is 1.52. The zero-order valence-electron chi connectivity index (χ0n) is 20.7.